The average molecular weight is 258 g/mol. The molecule has 1 rings (SSSR count). The van der Waals surface area contributed by atoms with Crippen molar-refractivity contribution in [3.8, 4) is 0 Å². The van der Waals surface area contributed by atoms with Crippen LogP contribution in [0.5, 0.6) is 0 Å². The first-order chi connectivity index (χ1) is 7.90. The van der Waals surface area contributed by atoms with Crippen LogP contribution < -0.4 is 16.4 Å². The molecule has 0 saturated carbocycles. The smallest absolute Gasteiger partial charge is 0.318 e. The molecule has 0 unspecified atom stereocenters. The lowest BCUT2D eigenvalue weighted by molar-refractivity contribution is -0.384. The van der Waals surface area contributed by atoms with Crippen molar-refractivity contribution in [3.05, 3.63) is 33.3 Å². The fourth-order valence-corrected chi connectivity index (χ4v) is 1.22. The van der Waals surface area contributed by atoms with Crippen LogP contribution in [-0.4, -0.2) is 16.9 Å². The quantitative estimate of drug-likeness (QED) is 0.274. The Morgan fingerprint density at radius 1 is 1.53 bits per heavy atom. The highest BCUT2D eigenvalue weighted by Crippen LogP contribution is 2.27. The number of rotatable bonds is 2. The van der Waals surface area contributed by atoms with E-state index >= 15 is 0 Å². The molecule has 0 heterocycles. The third-order valence-electron chi connectivity index (χ3n) is 1.66. The highest BCUT2D eigenvalue weighted by molar-refractivity contribution is 6.32. The van der Waals surface area contributed by atoms with Gasteiger partial charge in [-0.2, -0.15) is 0 Å². The van der Waals surface area contributed by atoms with Gasteiger partial charge in [0.25, 0.3) is 5.69 Å². The van der Waals surface area contributed by atoms with Crippen LogP contribution in [0, 0.1) is 15.5 Å². The number of anilines is 1. The van der Waals surface area contributed by atoms with Crippen LogP contribution in [0.2, 0.25) is 5.02 Å². The Kier molecular flexibility index (Phi) is 3.83. The number of amides is 2. The van der Waals surface area contributed by atoms with E-state index in [1.165, 1.54) is 12.1 Å². The van der Waals surface area contributed by atoms with Gasteiger partial charge in [0.1, 0.15) is 5.02 Å². The van der Waals surface area contributed by atoms with Crippen molar-refractivity contribution in [3.63, 3.8) is 0 Å². The Balaban J connectivity index is 2.86. The van der Waals surface area contributed by atoms with Gasteiger partial charge in [-0.05, 0) is 12.1 Å². The average Bonchev–Trinajstić information content (AvgIpc) is 2.19. The number of carbonyl (C=O) groups is 1. The van der Waals surface area contributed by atoms with Gasteiger partial charge in [0.2, 0.25) is 5.96 Å². The first-order valence-electron chi connectivity index (χ1n) is 4.26. The molecule has 1 aromatic carbocycles. The minimum Gasteiger partial charge on any atom is -0.351 e. The van der Waals surface area contributed by atoms with Gasteiger partial charge in [-0.3, -0.25) is 20.8 Å². The molecule has 0 atom stereocenters. The van der Waals surface area contributed by atoms with E-state index in [4.69, 9.17) is 22.7 Å². The largest absolute Gasteiger partial charge is 0.351 e. The SMILES string of the molecule is N=C(NC(N)=O)Nc1ccc(Cl)c([N+](=O)[O-])c1. The predicted molar refractivity (Wildman–Crippen MR) is 62.2 cm³/mol. The number of primary amides is 1. The molecule has 0 radical (unpaired) electrons. The van der Waals surface area contributed by atoms with Gasteiger partial charge in [0, 0.05) is 11.8 Å². The van der Waals surface area contributed by atoms with Crippen LogP contribution in [0.25, 0.3) is 0 Å². The first-order valence-corrected chi connectivity index (χ1v) is 4.64. The molecule has 9 heteroatoms. The van der Waals surface area contributed by atoms with Crippen LogP contribution in [0.3, 0.4) is 0 Å². The number of nitrogens with one attached hydrogen (secondary N) is 3. The van der Waals surface area contributed by atoms with Gasteiger partial charge < -0.3 is 11.1 Å². The summed E-state index contributed by atoms with van der Waals surface area (Å²) in [5.41, 5.74) is 4.72. The lowest BCUT2D eigenvalue weighted by Gasteiger charge is -2.07. The number of urea groups is 1. The monoisotopic (exact) mass is 257 g/mol. The zero-order valence-electron chi connectivity index (χ0n) is 8.36. The fraction of sp³-hybridized carbons (Fsp3) is 0. The van der Waals surface area contributed by atoms with Gasteiger partial charge in [0.05, 0.1) is 4.92 Å². The normalized spacial score (nSPS) is 9.47. The summed E-state index contributed by atoms with van der Waals surface area (Å²) in [5.74, 6) is -0.394. The molecule has 5 N–H and O–H groups in total. The summed E-state index contributed by atoms with van der Waals surface area (Å²) in [6, 6.07) is 2.96. The summed E-state index contributed by atoms with van der Waals surface area (Å²) in [6.45, 7) is 0. The molecule has 0 saturated heterocycles. The molecule has 90 valence electrons. The summed E-state index contributed by atoms with van der Waals surface area (Å²) in [4.78, 5) is 20.4. The van der Waals surface area contributed by atoms with E-state index in [2.05, 4.69) is 5.32 Å². The summed E-state index contributed by atoms with van der Waals surface area (Å²) in [6.07, 6.45) is 0. The second kappa shape index (κ2) is 5.12. The molecule has 17 heavy (non-hydrogen) atoms. The number of nitro groups is 1. The first kappa shape index (κ1) is 12.7. The zero-order chi connectivity index (χ0) is 13.0. The maximum absolute atomic E-state index is 10.6. The van der Waals surface area contributed by atoms with E-state index in [0.717, 1.165) is 6.07 Å². The van der Waals surface area contributed by atoms with Crippen LogP contribution in [0.15, 0.2) is 18.2 Å². The number of nitro benzene ring substituents is 1. The molecule has 0 aliphatic carbocycles. The van der Waals surface area contributed by atoms with Gasteiger partial charge in [-0.25, -0.2) is 4.79 Å². The molecule has 0 aromatic heterocycles. The standard InChI is InChI=1S/C8H8ClN5O3/c9-5-2-1-4(3-6(5)14(16)17)12-7(10)13-8(11)15/h1-3H,(H5,10,11,12,13,15). The number of nitrogens with zero attached hydrogens (tertiary/aromatic N) is 1. The predicted octanol–water partition coefficient (Wildman–Crippen LogP) is 1.26. The summed E-state index contributed by atoms with van der Waals surface area (Å²) < 4.78 is 0. The Bertz CT molecular complexity index is 490. The highest BCUT2D eigenvalue weighted by atomic mass is 35.5. The molecular weight excluding hydrogens is 250 g/mol. The minimum atomic E-state index is -0.911. The molecule has 2 amide bonds. The maximum Gasteiger partial charge on any atom is 0.318 e. The van der Waals surface area contributed by atoms with Crippen molar-refractivity contribution >= 4 is 35.0 Å². The molecule has 0 aliphatic heterocycles. The molecule has 8 nitrogen and oxygen atoms in total. The van der Waals surface area contributed by atoms with E-state index in [9.17, 15) is 14.9 Å². The Morgan fingerprint density at radius 3 is 2.71 bits per heavy atom. The second-order valence-corrected chi connectivity index (χ2v) is 3.32. The van der Waals surface area contributed by atoms with Crippen molar-refractivity contribution in [2.45, 2.75) is 0 Å². The van der Waals surface area contributed by atoms with Crippen molar-refractivity contribution in [1.82, 2.24) is 5.32 Å². The fourth-order valence-electron chi connectivity index (χ4n) is 1.03. The Labute approximate surface area is 100 Å². The second-order valence-electron chi connectivity index (χ2n) is 2.91. The van der Waals surface area contributed by atoms with E-state index in [1.807, 2.05) is 5.32 Å². The number of benzene rings is 1. The molecule has 0 spiro atoms. The molecular formula is C8H8ClN5O3. The number of hydrogen-bond donors (Lipinski definition) is 4. The Morgan fingerprint density at radius 2 is 2.18 bits per heavy atom. The van der Waals surface area contributed by atoms with E-state index in [0.29, 0.717) is 0 Å². The Hall–Kier alpha value is -2.35. The molecule has 1 aromatic rings. The molecule has 0 bridgehead atoms. The van der Waals surface area contributed by atoms with E-state index < -0.39 is 16.9 Å². The number of nitrogens with two attached hydrogens (primary N) is 1. The molecule has 0 aliphatic rings. The number of halogens is 1. The summed E-state index contributed by atoms with van der Waals surface area (Å²) in [7, 11) is 0. The number of guanidine groups is 1. The lowest BCUT2D eigenvalue weighted by Crippen LogP contribution is -2.38. The lowest BCUT2D eigenvalue weighted by atomic mass is 10.3. The number of carbonyl (C=O) groups excluding carboxylic acids is 1. The van der Waals surface area contributed by atoms with Crippen LogP contribution >= 0.6 is 11.6 Å². The molecule has 0 fully saturated rings. The summed E-state index contributed by atoms with van der Waals surface area (Å²) >= 11 is 5.60. The third-order valence-corrected chi connectivity index (χ3v) is 1.98. The van der Waals surface area contributed by atoms with Crippen LogP contribution in [0.1, 0.15) is 0 Å². The minimum absolute atomic E-state index is 0.0186. The van der Waals surface area contributed by atoms with E-state index in [-0.39, 0.29) is 16.4 Å². The van der Waals surface area contributed by atoms with Gasteiger partial charge >= 0.3 is 6.03 Å². The van der Waals surface area contributed by atoms with Crippen molar-refractivity contribution in [2.75, 3.05) is 5.32 Å². The topological polar surface area (TPSA) is 134 Å². The van der Waals surface area contributed by atoms with Crippen molar-refractivity contribution in [1.29, 1.82) is 5.41 Å². The van der Waals surface area contributed by atoms with Gasteiger partial charge in [-0.1, -0.05) is 11.6 Å². The highest BCUT2D eigenvalue weighted by Gasteiger charge is 2.13. The zero-order valence-corrected chi connectivity index (χ0v) is 9.12. The van der Waals surface area contributed by atoms with Crippen LogP contribution in [0.4, 0.5) is 16.2 Å². The van der Waals surface area contributed by atoms with Gasteiger partial charge in [-0.15, -0.1) is 0 Å². The van der Waals surface area contributed by atoms with Gasteiger partial charge in [0.15, 0.2) is 0 Å². The number of hydrogen-bond acceptors (Lipinski definition) is 4. The maximum atomic E-state index is 10.6. The van der Waals surface area contributed by atoms with Crippen LogP contribution in [-0.2, 0) is 0 Å². The van der Waals surface area contributed by atoms with Crippen molar-refractivity contribution < 1.29 is 9.72 Å². The van der Waals surface area contributed by atoms with E-state index in [1.54, 1.807) is 0 Å². The van der Waals surface area contributed by atoms with Crippen molar-refractivity contribution in [2.24, 2.45) is 5.73 Å². The third kappa shape index (κ3) is 3.61. The summed E-state index contributed by atoms with van der Waals surface area (Å²) in [5, 5.41) is 22.2.